The second-order valence-electron chi connectivity index (χ2n) is 5.84. The van der Waals surface area contributed by atoms with E-state index in [-0.39, 0.29) is 0 Å². The number of nitrogens with two attached hydrogens (primary N) is 1. The van der Waals surface area contributed by atoms with Gasteiger partial charge in [-0.05, 0) is 36.4 Å². The van der Waals surface area contributed by atoms with E-state index in [2.05, 4.69) is 58.3 Å². The Morgan fingerprint density at radius 3 is 2.52 bits per heavy atom. The van der Waals surface area contributed by atoms with Gasteiger partial charge in [0.2, 0.25) is 0 Å². The molecule has 2 aromatic carbocycles. The second kappa shape index (κ2) is 6.57. The Balaban J connectivity index is 1.69. The van der Waals surface area contributed by atoms with Gasteiger partial charge in [-0.15, -0.1) is 0 Å². The molecule has 0 saturated heterocycles. The molecule has 4 aromatic rings. The third kappa shape index (κ3) is 3.34. The summed E-state index contributed by atoms with van der Waals surface area (Å²) in [5.74, 6) is 0.409. The first-order chi connectivity index (χ1) is 12.2. The standard InChI is InChI=1S/C19H17N5S/c1-13-7-9-15(10-8-13)25-19-22-17(20)16-18(23-19)24(12-21-16)11-14-5-3-2-4-6-14/h2-10,12H,11H2,1H3,(H2,20,22,23). The van der Waals surface area contributed by atoms with Gasteiger partial charge < -0.3 is 10.3 Å². The molecule has 0 amide bonds. The van der Waals surface area contributed by atoms with E-state index in [9.17, 15) is 0 Å². The molecule has 0 atom stereocenters. The van der Waals surface area contributed by atoms with Crippen LogP contribution in [-0.2, 0) is 6.54 Å². The van der Waals surface area contributed by atoms with Crippen LogP contribution in [-0.4, -0.2) is 19.5 Å². The summed E-state index contributed by atoms with van der Waals surface area (Å²) in [5.41, 5.74) is 9.91. The zero-order valence-corrected chi connectivity index (χ0v) is 14.6. The van der Waals surface area contributed by atoms with Crippen molar-refractivity contribution in [2.45, 2.75) is 23.5 Å². The van der Waals surface area contributed by atoms with Crippen LogP contribution < -0.4 is 5.73 Å². The first kappa shape index (κ1) is 15.7. The molecule has 0 fully saturated rings. The van der Waals surface area contributed by atoms with Crippen LogP contribution in [0.5, 0.6) is 0 Å². The van der Waals surface area contributed by atoms with Crippen LogP contribution in [0.25, 0.3) is 11.2 Å². The van der Waals surface area contributed by atoms with E-state index in [0.29, 0.717) is 23.0 Å². The van der Waals surface area contributed by atoms with E-state index in [1.165, 1.54) is 22.9 Å². The van der Waals surface area contributed by atoms with Gasteiger partial charge in [0.05, 0.1) is 12.9 Å². The van der Waals surface area contributed by atoms with Gasteiger partial charge in [0.1, 0.15) is 5.52 Å². The molecule has 0 bridgehead atoms. The van der Waals surface area contributed by atoms with Crippen molar-refractivity contribution in [2.75, 3.05) is 5.73 Å². The number of rotatable bonds is 4. The van der Waals surface area contributed by atoms with Gasteiger partial charge >= 0.3 is 0 Å². The van der Waals surface area contributed by atoms with Gasteiger partial charge in [-0.2, -0.15) is 0 Å². The average Bonchev–Trinajstić information content (AvgIpc) is 3.01. The van der Waals surface area contributed by atoms with Gasteiger partial charge in [0.25, 0.3) is 0 Å². The van der Waals surface area contributed by atoms with Gasteiger partial charge in [-0.1, -0.05) is 48.0 Å². The van der Waals surface area contributed by atoms with Crippen LogP contribution in [0.4, 0.5) is 5.82 Å². The molecular weight excluding hydrogens is 330 g/mol. The predicted molar refractivity (Wildman–Crippen MR) is 101 cm³/mol. The average molecular weight is 347 g/mol. The molecule has 2 N–H and O–H groups in total. The topological polar surface area (TPSA) is 69.6 Å². The number of benzene rings is 2. The lowest BCUT2D eigenvalue weighted by Gasteiger charge is -2.06. The van der Waals surface area contributed by atoms with Crippen molar-refractivity contribution in [3.8, 4) is 0 Å². The Bertz CT molecular complexity index is 1010. The van der Waals surface area contributed by atoms with Crippen molar-refractivity contribution in [3.63, 3.8) is 0 Å². The summed E-state index contributed by atoms with van der Waals surface area (Å²) in [4.78, 5) is 14.5. The van der Waals surface area contributed by atoms with E-state index in [1.54, 1.807) is 6.33 Å². The number of nitrogen functional groups attached to an aromatic ring is 1. The summed E-state index contributed by atoms with van der Waals surface area (Å²) in [7, 11) is 0. The van der Waals surface area contributed by atoms with E-state index >= 15 is 0 Å². The maximum Gasteiger partial charge on any atom is 0.196 e. The largest absolute Gasteiger partial charge is 0.382 e. The molecule has 0 aliphatic carbocycles. The molecule has 0 aliphatic heterocycles. The molecule has 4 rings (SSSR count). The Morgan fingerprint density at radius 2 is 1.76 bits per heavy atom. The highest BCUT2D eigenvalue weighted by Gasteiger charge is 2.12. The highest BCUT2D eigenvalue weighted by Crippen LogP contribution is 2.28. The first-order valence-corrected chi connectivity index (χ1v) is 8.77. The Hall–Kier alpha value is -2.86. The Morgan fingerprint density at radius 1 is 1.00 bits per heavy atom. The maximum atomic E-state index is 6.10. The van der Waals surface area contributed by atoms with Crippen molar-refractivity contribution in [3.05, 3.63) is 72.1 Å². The summed E-state index contributed by atoms with van der Waals surface area (Å²) in [6, 6.07) is 18.5. The highest BCUT2D eigenvalue weighted by molar-refractivity contribution is 7.99. The molecule has 2 aromatic heterocycles. The zero-order chi connectivity index (χ0) is 17.2. The molecular formula is C19H17N5S. The van der Waals surface area contributed by atoms with Crippen LogP contribution in [0.2, 0.25) is 0 Å². The molecule has 0 spiro atoms. The Labute approximate surface area is 149 Å². The van der Waals surface area contributed by atoms with Crippen molar-refractivity contribution in [2.24, 2.45) is 0 Å². The number of nitrogens with zero attached hydrogens (tertiary/aromatic N) is 4. The first-order valence-electron chi connectivity index (χ1n) is 7.96. The number of imidazole rings is 1. The number of anilines is 1. The number of aryl methyl sites for hydroxylation is 1. The third-order valence-corrected chi connectivity index (χ3v) is 4.77. The minimum atomic E-state index is 0.409. The second-order valence-corrected chi connectivity index (χ2v) is 6.88. The fourth-order valence-corrected chi connectivity index (χ4v) is 3.36. The monoisotopic (exact) mass is 347 g/mol. The smallest absolute Gasteiger partial charge is 0.196 e. The van der Waals surface area contributed by atoms with Crippen LogP contribution in [0.15, 0.2) is 71.0 Å². The summed E-state index contributed by atoms with van der Waals surface area (Å²) in [6.45, 7) is 2.76. The van der Waals surface area contributed by atoms with Crippen LogP contribution in [0.3, 0.4) is 0 Å². The highest BCUT2D eigenvalue weighted by atomic mass is 32.2. The van der Waals surface area contributed by atoms with Gasteiger partial charge in [-0.25, -0.2) is 15.0 Å². The SMILES string of the molecule is Cc1ccc(Sc2nc(N)c3ncn(Cc4ccccc4)c3n2)cc1. The van der Waals surface area contributed by atoms with E-state index < -0.39 is 0 Å². The van der Waals surface area contributed by atoms with Crippen LogP contribution >= 0.6 is 11.8 Å². The van der Waals surface area contributed by atoms with Crippen molar-refractivity contribution in [1.29, 1.82) is 0 Å². The zero-order valence-electron chi connectivity index (χ0n) is 13.8. The van der Waals surface area contributed by atoms with Crippen molar-refractivity contribution in [1.82, 2.24) is 19.5 Å². The van der Waals surface area contributed by atoms with Crippen molar-refractivity contribution < 1.29 is 0 Å². The lowest BCUT2D eigenvalue weighted by Crippen LogP contribution is -2.02. The molecule has 2 heterocycles. The van der Waals surface area contributed by atoms with Crippen molar-refractivity contribution >= 4 is 28.7 Å². The molecule has 0 radical (unpaired) electrons. The summed E-state index contributed by atoms with van der Waals surface area (Å²) >= 11 is 1.50. The number of fused-ring (bicyclic) bond motifs is 1. The molecule has 0 unspecified atom stereocenters. The minimum absolute atomic E-state index is 0.409. The normalized spacial score (nSPS) is 11.1. The summed E-state index contributed by atoms with van der Waals surface area (Å²) in [5, 5.41) is 0.628. The van der Waals surface area contributed by atoms with E-state index in [0.717, 1.165) is 10.5 Å². The lowest BCUT2D eigenvalue weighted by molar-refractivity contribution is 0.804. The lowest BCUT2D eigenvalue weighted by atomic mass is 10.2. The summed E-state index contributed by atoms with van der Waals surface area (Å²) in [6.07, 6.45) is 1.77. The van der Waals surface area contributed by atoms with Crippen LogP contribution in [0, 0.1) is 6.92 Å². The molecule has 6 heteroatoms. The maximum absolute atomic E-state index is 6.10. The molecule has 124 valence electrons. The summed E-state index contributed by atoms with van der Waals surface area (Å²) < 4.78 is 2.00. The van der Waals surface area contributed by atoms with Gasteiger partial charge in [0, 0.05) is 4.90 Å². The fourth-order valence-electron chi connectivity index (χ4n) is 2.60. The fraction of sp³-hybridized carbons (Fsp3) is 0.105. The molecule has 5 nitrogen and oxygen atoms in total. The quantitative estimate of drug-likeness (QED) is 0.567. The van der Waals surface area contributed by atoms with E-state index in [1.807, 2.05) is 22.8 Å². The Kier molecular flexibility index (Phi) is 4.11. The van der Waals surface area contributed by atoms with Gasteiger partial charge in [-0.3, -0.25) is 0 Å². The van der Waals surface area contributed by atoms with E-state index in [4.69, 9.17) is 5.73 Å². The molecule has 0 saturated carbocycles. The number of hydrogen-bond donors (Lipinski definition) is 1. The number of aromatic nitrogens is 4. The molecule has 0 aliphatic rings. The number of hydrogen-bond acceptors (Lipinski definition) is 5. The predicted octanol–water partition coefficient (Wildman–Crippen LogP) is 3.92. The molecule has 25 heavy (non-hydrogen) atoms. The van der Waals surface area contributed by atoms with Crippen LogP contribution in [0.1, 0.15) is 11.1 Å². The van der Waals surface area contributed by atoms with Gasteiger partial charge in [0.15, 0.2) is 16.6 Å². The third-order valence-electron chi connectivity index (χ3n) is 3.90. The minimum Gasteiger partial charge on any atom is -0.382 e.